The van der Waals surface area contributed by atoms with E-state index in [4.69, 9.17) is 4.74 Å². The van der Waals surface area contributed by atoms with E-state index in [1.54, 1.807) is 20.1 Å². The molecule has 1 amide bonds. The van der Waals surface area contributed by atoms with Crippen molar-refractivity contribution in [3.8, 4) is 5.75 Å². The number of amides is 1. The third-order valence-electron chi connectivity index (χ3n) is 4.07. The predicted octanol–water partition coefficient (Wildman–Crippen LogP) is 2.76. The number of aryl methyl sites for hydroxylation is 2. The van der Waals surface area contributed by atoms with Gasteiger partial charge in [0, 0.05) is 21.9 Å². The fourth-order valence-corrected chi connectivity index (χ4v) is 4.32. The zero-order valence-electron chi connectivity index (χ0n) is 16.3. The normalized spacial score (nSPS) is 11.4. The van der Waals surface area contributed by atoms with Crippen molar-refractivity contribution in [2.45, 2.75) is 32.9 Å². The molecule has 1 aromatic carbocycles. The number of ether oxygens (including phenoxy) is 1. The van der Waals surface area contributed by atoms with Crippen LogP contribution in [0, 0.1) is 6.92 Å². The number of hydrogen-bond acceptors (Lipinski definition) is 7. The van der Waals surface area contributed by atoms with Gasteiger partial charge < -0.3 is 14.6 Å². The zero-order chi connectivity index (χ0) is 20.7. The molecule has 28 heavy (non-hydrogen) atoms. The Balaban J connectivity index is 2.11. The van der Waals surface area contributed by atoms with Crippen molar-refractivity contribution in [2.75, 3.05) is 12.9 Å². The van der Waals surface area contributed by atoms with Gasteiger partial charge >= 0.3 is 0 Å². The summed E-state index contributed by atoms with van der Waals surface area (Å²) in [7, 11) is 1.57. The Morgan fingerprint density at radius 2 is 2.07 bits per heavy atom. The molecule has 6 nitrogen and oxygen atoms in total. The molecule has 150 valence electrons. The number of carboxylic acids is 1. The topological polar surface area (TPSA) is 90.8 Å². The number of benzene rings is 1. The second kappa shape index (κ2) is 10.3. The van der Waals surface area contributed by atoms with Crippen LogP contribution in [0.4, 0.5) is 0 Å². The van der Waals surface area contributed by atoms with Crippen molar-refractivity contribution < 1.29 is 19.4 Å². The largest absolute Gasteiger partial charge is 0.549 e. The first-order valence-corrected chi connectivity index (χ1v) is 10.7. The van der Waals surface area contributed by atoms with Gasteiger partial charge in [-0.05, 0) is 55.7 Å². The van der Waals surface area contributed by atoms with Gasteiger partial charge in [-0.25, -0.2) is 5.43 Å². The number of nitrogens with zero attached hydrogens (tertiary/aromatic N) is 1. The van der Waals surface area contributed by atoms with Crippen LogP contribution >= 0.6 is 23.1 Å². The molecule has 0 unspecified atom stereocenters. The molecule has 0 radical (unpaired) electrons. The molecule has 0 saturated heterocycles. The molecule has 8 heteroatoms. The minimum absolute atomic E-state index is 0.0868. The van der Waals surface area contributed by atoms with Crippen LogP contribution in [0.3, 0.4) is 0 Å². The molecule has 0 saturated carbocycles. The van der Waals surface area contributed by atoms with E-state index < -0.39 is 5.97 Å². The molecular weight excluding hydrogens is 396 g/mol. The lowest BCUT2D eigenvalue weighted by Crippen LogP contribution is -2.24. The molecule has 0 bridgehead atoms. The molecule has 2 rings (SSSR count). The summed E-state index contributed by atoms with van der Waals surface area (Å²) in [5.74, 6) is -0.274. The molecule has 1 N–H and O–H groups in total. The highest BCUT2D eigenvalue weighted by Gasteiger charge is 2.12. The van der Waals surface area contributed by atoms with Crippen LogP contribution in [0.1, 0.15) is 45.1 Å². The third kappa shape index (κ3) is 5.84. The number of carbonyl (C=O) groups excluding carboxylic acids is 2. The number of thiophene rings is 1. The van der Waals surface area contributed by atoms with Crippen molar-refractivity contribution in [1.29, 1.82) is 0 Å². The second-order valence-electron chi connectivity index (χ2n) is 6.10. The van der Waals surface area contributed by atoms with Gasteiger partial charge in [-0.1, -0.05) is 6.92 Å². The lowest BCUT2D eigenvalue weighted by atomic mass is 10.1. The van der Waals surface area contributed by atoms with E-state index in [0.717, 1.165) is 23.1 Å². The summed E-state index contributed by atoms with van der Waals surface area (Å²) in [6.45, 7) is 5.87. The Bertz CT molecular complexity index is 890. The number of hydrogen-bond donors (Lipinski definition) is 1. The van der Waals surface area contributed by atoms with E-state index in [1.165, 1.54) is 28.0 Å². The maximum absolute atomic E-state index is 12.3. The predicted molar refractivity (Wildman–Crippen MR) is 112 cm³/mol. The van der Waals surface area contributed by atoms with Crippen molar-refractivity contribution in [2.24, 2.45) is 5.10 Å². The standard InChI is InChI=1S/C20H24N2O4S2/c1-5-17-12(2)8-18(28-17)20(25)22-21-13(3)14-6-7-16(26-4)15(9-14)10-27-11-19(23)24/h6-9H,5,10-11H2,1-4H3,(H,22,25)(H,23,24)/p-1/b21-13-. The summed E-state index contributed by atoms with van der Waals surface area (Å²) < 4.78 is 5.33. The summed E-state index contributed by atoms with van der Waals surface area (Å²) in [4.78, 5) is 24.8. The van der Waals surface area contributed by atoms with Gasteiger partial charge in [0.15, 0.2) is 0 Å². The molecule has 1 heterocycles. The number of nitrogens with one attached hydrogen (secondary N) is 1. The van der Waals surface area contributed by atoms with Gasteiger partial charge in [0.1, 0.15) is 5.75 Å². The first-order valence-electron chi connectivity index (χ1n) is 8.74. The Hall–Kier alpha value is -2.32. The fraction of sp³-hybridized carbons (Fsp3) is 0.350. The maximum atomic E-state index is 12.3. The first kappa shape index (κ1) is 22.0. The number of hydrazone groups is 1. The molecule has 0 aliphatic rings. The lowest BCUT2D eigenvalue weighted by Gasteiger charge is -2.11. The number of aliphatic carboxylic acids is 1. The smallest absolute Gasteiger partial charge is 0.281 e. The average Bonchev–Trinajstić information content (AvgIpc) is 3.06. The molecular formula is C20H23N2O4S2-. The Labute approximate surface area is 173 Å². The summed E-state index contributed by atoms with van der Waals surface area (Å²) in [5.41, 5.74) is 6.04. The van der Waals surface area contributed by atoms with E-state index in [2.05, 4.69) is 17.5 Å². The van der Waals surface area contributed by atoms with Crippen LogP contribution in [-0.4, -0.2) is 30.5 Å². The lowest BCUT2D eigenvalue weighted by molar-refractivity contribution is -0.301. The van der Waals surface area contributed by atoms with Gasteiger partial charge in [0.2, 0.25) is 0 Å². The SMILES string of the molecule is CCc1sc(C(=O)N/N=C(/C)c2ccc(OC)c(CSCC(=O)[O-])c2)cc1C. The summed E-state index contributed by atoms with van der Waals surface area (Å²) in [6.07, 6.45) is 0.899. The number of rotatable bonds is 9. The van der Waals surface area contributed by atoms with E-state index in [-0.39, 0.29) is 11.7 Å². The number of carboxylic acid groups (broad SMARTS) is 1. The minimum atomic E-state index is -1.10. The minimum Gasteiger partial charge on any atom is -0.549 e. The molecule has 0 spiro atoms. The Morgan fingerprint density at radius 1 is 1.32 bits per heavy atom. The summed E-state index contributed by atoms with van der Waals surface area (Å²) >= 11 is 2.72. The van der Waals surface area contributed by atoms with Crippen LogP contribution in [-0.2, 0) is 17.0 Å². The van der Waals surface area contributed by atoms with E-state index >= 15 is 0 Å². The summed E-state index contributed by atoms with van der Waals surface area (Å²) in [5, 5.41) is 14.8. The average molecular weight is 420 g/mol. The van der Waals surface area contributed by atoms with Gasteiger partial charge in [-0.2, -0.15) is 16.9 Å². The van der Waals surface area contributed by atoms with Gasteiger partial charge in [0.25, 0.3) is 5.91 Å². The first-order chi connectivity index (χ1) is 13.3. The quantitative estimate of drug-likeness (QED) is 0.499. The number of methoxy groups -OCH3 is 1. The fourth-order valence-electron chi connectivity index (χ4n) is 2.60. The Kier molecular flexibility index (Phi) is 8.07. The summed E-state index contributed by atoms with van der Waals surface area (Å²) in [6, 6.07) is 7.42. The van der Waals surface area contributed by atoms with Crippen LogP contribution in [0.2, 0.25) is 0 Å². The second-order valence-corrected chi connectivity index (χ2v) is 8.22. The van der Waals surface area contributed by atoms with Gasteiger partial charge in [-0.3, -0.25) is 4.79 Å². The highest BCUT2D eigenvalue weighted by Crippen LogP contribution is 2.25. The molecule has 0 atom stereocenters. The van der Waals surface area contributed by atoms with Crippen molar-refractivity contribution in [3.63, 3.8) is 0 Å². The maximum Gasteiger partial charge on any atom is 0.281 e. The van der Waals surface area contributed by atoms with E-state index in [9.17, 15) is 14.7 Å². The number of carbonyl (C=O) groups is 2. The van der Waals surface area contributed by atoms with Crippen molar-refractivity contribution in [1.82, 2.24) is 5.43 Å². The molecule has 2 aromatic rings. The monoisotopic (exact) mass is 419 g/mol. The Morgan fingerprint density at radius 3 is 2.68 bits per heavy atom. The van der Waals surface area contributed by atoms with Crippen molar-refractivity contribution >= 4 is 40.7 Å². The molecule has 0 fully saturated rings. The van der Waals surface area contributed by atoms with Gasteiger partial charge in [0.05, 0.1) is 23.7 Å². The zero-order valence-corrected chi connectivity index (χ0v) is 18.0. The molecule has 0 aliphatic heterocycles. The highest BCUT2D eigenvalue weighted by atomic mass is 32.2. The van der Waals surface area contributed by atoms with Crippen LogP contribution in [0.15, 0.2) is 29.4 Å². The molecule has 1 aromatic heterocycles. The molecule has 0 aliphatic carbocycles. The van der Waals surface area contributed by atoms with Crippen LogP contribution < -0.4 is 15.3 Å². The van der Waals surface area contributed by atoms with Crippen molar-refractivity contribution in [3.05, 3.63) is 50.7 Å². The number of thioether (sulfide) groups is 1. The van der Waals surface area contributed by atoms with Gasteiger partial charge in [-0.15, -0.1) is 11.3 Å². The van der Waals surface area contributed by atoms with Crippen LogP contribution in [0.5, 0.6) is 5.75 Å². The van der Waals surface area contributed by atoms with Crippen LogP contribution in [0.25, 0.3) is 0 Å². The third-order valence-corrected chi connectivity index (χ3v) is 6.40. The van der Waals surface area contributed by atoms with E-state index in [0.29, 0.717) is 22.1 Å². The van der Waals surface area contributed by atoms with E-state index in [1.807, 2.05) is 25.1 Å². The highest BCUT2D eigenvalue weighted by molar-refractivity contribution is 7.99.